The van der Waals surface area contributed by atoms with E-state index in [2.05, 4.69) is 10.2 Å². The summed E-state index contributed by atoms with van der Waals surface area (Å²) in [6.45, 7) is 2.82. The number of rotatable bonds is 7. The van der Waals surface area contributed by atoms with E-state index in [0.29, 0.717) is 42.8 Å². The Morgan fingerprint density at radius 3 is 2.41 bits per heavy atom. The topological polar surface area (TPSA) is 88.2 Å². The number of nitrogens with zero attached hydrogens (tertiary/aromatic N) is 2. The largest absolute Gasteiger partial charge is 0.482 e. The maximum Gasteiger partial charge on any atom is 0.262 e. The molecule has 2 fully saturated rings. The fraction of sp³-hybridized carbons (Fsp3) is 0.458. The Bertz CT molecular complexity index is 1100. The van der Waals surface area contributed by atoms with Crippen LogP contribution in [-0.4, -0.2) is 64.6 Å². The van der Waals surface area contributed by atoms with Crippen LogP contribution in [0.2, 0.25) is 5.02 Å². The van der Waals surface area contributed by atoms with Gasteiger partial charge in [-0.05, 0) is 43.2 Å². The smallest absolute Gasteiger partial charge is 0.262 e. The summed E-state index contributed by atoms with van der Waals surface area (Å²) in [4.78, 5) is 15.1. The van der Waals surface area contributed by atoms with Crippen molar-refractivity contribution >= 4 is 38.9 Å². The highest BCUT2D eigenvalue weighted by Crippen LogP contribution is 2.32. The first kappa shape index (κ1) is 24.8. The lowest BCUT2D eigenvalue weighted by molar-refractivity contribution is -0.118. The molecule has 8 nitrogen and oxygen atoms in total. The number of carbonyl (C=O) groups is 1. The van der Waals surface area contributed by atoms with Crippen LogP contribution in [0.25, 0.3) is 0 Å². The summed E-state index contributed by atoms with van der Waals surface area (Å²) < 4.78 is 38.7. The van der Waals surface area contributed by atoms with Crippen LogP contribution in [0, 0.1) is 0 Å². The number of nitrogens with one attached hydrogen (secondary N) is 1. The number of anilines is 2. The summed E-state index contributed by atoms with van der Waals surface area (Å²) >= 11 is 6.11. The molecule has 10 heteroatoms. The van der Waals surface area contributed by atoms with Gasteiger partial charge in [0.05, 0.1) is 34.5 Å². The monoisotopic (exact) mass is 507 g/mol. The van der Waals surface area contributed by atoms with Gasteiger partial charge >= 0.3 is 0 Å². The van der Waals surface area contributed by atoms with E-state index in [1.165, 1.54) is 4.31 Å². The van der Waals surface area contributed by atoms with E-state index in [1.807, 2.05) is 0 Å². The molecule has 2 saturated heterocycles. The van der Waals surface area contributed by atoms with E-state index in [0.717, 1.165) is 44.5 Å². The van der Waals surface area contributed by atoms with Crippen molar-refractivity contribution in [1.29, 1.82) is 0 Å². The van der Waals surface area contributed by atoms with Crippen molar-refractivity contribution in [3.8, 4) is 5.75 Å². The first-order valence-electron chi connectivity index (χ1n) is 11.6. The first-order valence-corrected chi connectivity index (χ1v) is 13.4. The molecule has 4 rings (SSSR count). The summed E-state index contributed by atoms with van der Waals surface area (Å²) in [7, 11) is -3.70. The van der Waals surface area contributed by atoms with E-state index in [1.54, 1.807) is 42.5 Å². The summed E-state index contributed by atoms with van der Waals surface area (Å²) in [6, 6.07) is 11.9. The van der Waals surface area contributed by atoms with Gasteiger partial charge in [0.15, 0.2) is 6.61 Å². The van der Waals surface area contributed by atoms with Crippen molar-refractivity contribution in [2.45, 2.75) is 30.6 Å². The maximum absolute atomic E-state index is 13.2. The van der Waals surface area contributed by atoms with Crippen molar-refractivity contribution < 1.29 is 22.7 Å². The molecule has 0 unspecified atom stereocenters. The van der Waals surface area contributed by atoms with E-state index in [-0.39, 0.29) is 11.5 Å². The molecule has 2 aliphatic heterocycles. The molecule has 0 radical (unpaired) electrons. The molecule has 0 aliphatic carbocycles. The summed E-state index contributed by atoms with van der Waals surface area (Å²) in [5.41, 5.74) is 1.28. The number of ether oxygens (including phenoxy) is 2. The van der Waals surface area contributed by atoms with Crippen molar-refractivity contribution in [2.24, 2.45) is 0 Å². The predicted octanol–water partition coefficient (Wildman–Crippen LogP) is 3.76. The SMILES string of the molecule is O=C(COc1ccccc1Cl)Nc1cc(S(=O)(=O)N2CCOCC2)ccc1N1CCCCCC1. The third kappa shape index (κ3) is 6.02. The molecular weight excluding hydrogens is 478 g/mol. The van der Waals surface area contributed by atoms with E-state index >= 15 is 0 Å². The lowest BCUT2D eigenvalue weighted by Gasteiger charge is -2.28. The third-order valence-electron chi connectivity index (χ3n) is 5.99. The Morgan fingerprint density at radius 1 is 1.00 bits per heavy atom. The highest BCUT2D eigenvalue weighted by molar-refractivity contribution is 7.89. The van der Waals surface area contributed by atoms with Crippen LogP contribution in [-0.2, 0) is 19.6 Å². The lowest BCUT2D eigenvalue weighted by atomic mass is 10.2. The highest BCUT2D eigenvalue weighted by atomic mass is 35.5. The van der Waals surface area contributed by atoms with Crippen LogP contribution in [0.1, 0.15) is 25.7 Å². The molecule has 2 aromatic rings. The molecule has 0 saturated carbocycles. The Morgan fingerprint density at radius 2 is 1.71 bits per heavy atom. The maximum atomic E-state index is 13.2. The average Bonchev–Trinajstić information content (AvgIpc) is 3.13. The Hall–Kier alpha value is -2.33. The Balaban J connectivity index is 1.58. The van der Waals surface area contributed by atoms with Gasteiger partial charge in [0.25, 0.3) is 5.91 Å². The van der Waals surface area contributed by atoms with Gasteiger partial charge in [0.1, 0.15) is 5.75 Å². The molecule has 1 N–H and O–H groups in total. The molecular formula is C24H30ClN3O5S. The lowest BCUT2D eigenvalue weighted by Crippen LogP contribution is -2.40. The number of sulfonamides is 1. The number of morpholine rings is 1. The van der Waals surface area contributed by atoms with Gasteiger partial charge in [-0.1, -0.05) is 36.6 Å². The second-order valence-electron chi connectivity index (χ2n) is 8.36. The van der Waals surface area contributed by atoms with Crippen molar-refractivity contribution in [1.82, 2.24) is 4.31 Å². The van der Waals surface area contributed by atoms with Gasteiger partial charge in [0, 0.05) is 26.2 Å². The third-order valence-corrected chi connectivity index (χ3v) is 8.20. The number of para-hydroxylation sites is 1. The Labute approximate surface area is 205 Å². The zero-order valence-electron chi connectivity index (χ0n) is 19.0. The van der Waals surface area contributed by atoms with Gasteiger partial charge in [-0.3, -0.25) is 4.79 Å². The number of hydrogen-bond acceptors (Lipinski definition) is 6. The number of amides is 1. The predicted molar refractivity (Wildman–Crippen MR) is 132 cm³/mol. The number of benzene rings is 2. The van der Waals surface area contributed by atoms with Crippen LogP contribution >= 0.6 is 11.6 Å². The van der Waals surface area contributed by atoms with Crippen LogP contribution in [0.15, 0.2) is 47.4 Å². The number of carbonyl (C=O) groups excluding carboxylic acids is 1. The molecule has 2 aliphatic rings. The molecule has 0 bridgehead atoms. The standard InChI is InChI=1S/C24H30ClN3O5S/c25-20-7-3-4-8-23(20)33-18-24(29)26-21-17-19(34(30,31)28-13-15-32-16-14-28)9-10-22(21)27-11-5-1-2-6-12-27/h3-4,7-10,17H,1-2,5-6,11-16,18H2,(H,26,29). The fourth-order valence-corrected chi connectivity index (χ4v) is 5.82. The summed E-state index contributed by atoms with van der Waals surface area (Å²) in [6.07, 6.45) is 4.42. The summed E-state index contributed by atoms with van der Waals surface area (Å²) in [5, 5.41) is 3.29. The van der Waals surface area contributed by atoms with E-state index in [9.17, 15) is 13.2 Å². The van der Waals surface area contributed by atoms with Crippen LogP contribution < -0.4 is 15.0 Å². The fourth-order valence-electron chi connectivity index (χ4n) is 4.19. The quantitative estimate of drug-likeness (QED) is 0.614. The molecule has 2 heterocycles. The minimum absolute atomic E-state index is 0.148. The molecule has 34 heavy (non-hydrogen) atoms. The van der Waals surface area contributed by atoms with Crippen LogP contribution in [0.4, 0.5) is 11.4 Å². The van der Waals surface area contributed by atoms with E-state index < -0.39 is 15.9 Å². The van der Waals surface area contributed by atoms with Crippen molar-refractivity contribution in [2.75, 3.05) is 56.2 Å². The number of halogens is 1. The average molecular weight is 508 g/mol. The zero-order chi connectivity index (χ0) is 24.0. The minimum atomic E-state index is -3.70. The minimum Gasteiger partial charge on any atom is -0.482 e. The van der Waals surface area contributed by atoms with Crippen molar-refractivity contribution in [3.63, 3.8) is 0 Å². The second-order valence-corrected chi connectivity index (χ2v) is 10.7. The molecule has 184 valence electrons. The van der Waals surface area contributed by atoms with Gasteiger partial charge in [-0.25, -0.2) is 8.42 Å². The summed E-state index contributed by atoms with van der Waals surface area (Å²) in [5.74, 6) is 0.0209. The molecule has 0 aromatic heterocycles. The molecule has 0 atom stereocenters. The molecule has 0 spiro atoms. The molecule has 1 amide bonds. The van der Waals surface area contributed by atoms with Gasteiger partial charge < -0.3 is 19.7 Å². The normalized spacial score (nSPS) is 17.7. The molecule has 2 aromatic carbocycles. The van der Waals surface area contributed by atoms with E-state index in [4.69, 9.17) is 21.1 Å². The number of hydrogen-bond donors (Lipinski definition) is 1. The Kier molecular flexibility index (Phi) is 8.31. The zero-order valence-corrected chi connectivity index (χ0v) is 20.6. The highest BCUT2D eigenvalue weighted by Gasteiger charge is 2.28. The first-order chi connectivity index (χ1) is 16.4. The van der Waals surface area contributed by atoms with Crippen molar-refractivity contribution in [3.05, 3.63) is 47.5 Å². The second kappa shape index (κ2) is 11.4. The van der Waals surface area contributed by atoms with Crippen LogP contribution in [0.5, 0.6) is 5.75 Å². The van der Waals surface area contributed by atoms with Crippen LogP contribution in [0.3, 0.4) is 0 Å². The van der Waals surface area contributed by atoms with Gasteiger partial charge in [-0.2, -0.15) is 4.31 Å². The van der Waals surface area contributed by atoms with Gasteiger partial charge in [-0.15, -0.1) is 0 Å². The van der Waals surface area contributed by atoms with Gasteiger partial charge in [0.2, 0.25) is 10.0 Å².